The highest BCUT2D eigenvalue weighted by atomic mass is 32.2. The van der Waals surface area contributed by atoms with E-state index in [2.05, 4.69) is 4.72 Å². The molecule has 2 rings (SSSR count). The van der Waals surface area contributed by atoms with Gasteiger partial charge in [0, 0.05) is 5.56 Å². The van der Waals surface area contributed by atoms with E-state index in [0.29, 0.717) is 0 Å². The third-order valence-corrected chi connectivity index (χ3v) is 3.06. The van der Waals surface area contributed by atoms with E-state index in [1.54, 1.807) is 0 Å². The molecule has 3 N–H and O–H groups in total. The Kier molecular flexibility index (Phi) is 1.50. The molecule has 0 spiro atoms. The molecule has 13 heavy (non-hydrogen) atoms. The quantitative estimate of drug-likeness (QED) is 0.607. The lowest BCUT2D eigenvalue weighted by Crippen LogP contribution is -2.06. The predicted octanol–water partition coefficient (Wildman–Crippen LogP) is 0.663. The molecule has 0 fully saturated rings. The van der Waals surface area contributed by atoms with E-state index in [1.807, 2.05) is 0 Å². The Morgan fingerprint density at radius 1 is 1.46 bits per heavy atom. The van der Waals surface area contributed by atoms with Crippen molar-refractivity contribution in [3.8, 4) is 0 Å². The lowest BCUT2D eigenvalue weighted by molar-refractivity contribution is 0.596. The molecule has 0 bridgehead atoms. The summed E-state index contributed by atoms with van der Waals surface area (Å²) in [6, 6.07) is 2.50. The van der Waals surface area contributed by atoms with Crippen LogP contribution in [0.2, 0.25) is 0 Å². The van der Waals surface area contributed by atoms with Crippen molar-refractivity contribution in [1.29, 1.82) is 0 Å². The van der Waals surface area contributed by atoms with Crippen molar-refractivity contribution < 1.29 is 12.8 Å². The Balaban J connectivity index is 2.69. The van der Waals surface area contributed by atoms with Crippen molar-refractivity contribution in [3.05, 3.63) is 23.5 Å². The fraction of sp³-hybridized carbons (Fsp3) is 0.143. The predicted molar refractivity (Wildman–Crippen MR) is 47.1 cm³/mol. The third kappa shape index (κ3) is 1.23. The van der Waals surface area contributed by atoms with Crippen molar-refractivity contribution in [2.75, 3.05) is 10.5 Å². The SMILES string of the molecule is Nc1ccc(F)c2c1NS(=O)(=O)C2. The van der Waals surface area contributed by atoms with Crippen molar-refractivity contribution in [3.63, 3.8) is 0 Å². The number of sulfonamides is 1. The van der Waals surface area contributed by atoms with Gasteiger partial charge in [0.25, 0.3) is 0 Å². The zero-order chi connectivity index (χ0) is 9.64. The monoisotopic (exact) mass is 202 g/mol. The molecule has 0 aliphatic carbocycles. The van der Waals surface area contributed by atoms with Crippen LogP contribution in [0.5, 0.6) is 0 Å². The molecule has 4 nitrogen and oxygen atoms in total. The number of nitrogens with two attached hydrogens (primary N) is 1. The van der Waals surface area contributed by atoms with Crippen LogP contribution in [0.15, 0.2) is 12.1 Å². The van der Waals surface area contributed by atoms with Gasteiger partial charge in [-0.25, -0.2) is 12.8 Å². The minimum Gasteiger partial charge on any atom is -0.397 e. The summed E-state index contributed by atoms with van der Waals surface area (Å²) in [7, 11) is -3.42. The highest BCUT2D eigenvalue weighted by Crippen LogP contribution is 2.33. The van der Waals surface area contributed by atoms with Gasteiger partial charge in [0.15, 0.2) is 0 Å². The molecule has 1 aromatic rings. The first kappa shape index (κ1) is 8.31. The standard InChI is InChI=1S/C7H7FN2O2S/c8-5-1-2-6(9)7-4(5)3-13(11,12)10-7/h1-2,10H,3,9H2. The molecule has 0 saturated carbocycles. The summed E-state index contributed by atoms with van der Waals surface area (Å²) in [6.07, 6.45) is 0. The zero-order valence-electron chi connectivity index (χ0n) is 6.54. The lowest BCUT2D eigenvalue weighted by Gasteiger charge is -2.02. The van der Waals surface area contributed by atoms with Gasteiger partial charge in [-0.2, -0.15) is 0 Å². The summed E-state index contributed by atoms with van der Waals surface area (Å²) in [5.41, 5.74) is 6.02. The van der Waals surface area contributed by atoms with E-state index in [1.165, 1.54) is 6.07 Å². The average Bonchev–Trinajstić information content (AvgIpc) is 2.35. The van der Waals surface area contributed by atoms with Crippen molar-refractivity contribution in [1.82, 2.24) is 0 Å². The van der Waals surface area contributed by atoms with Gasteiger partial charge in [-0.3, -0.25) is 4.72 Å². The van der Waals surface area contributed by atoms with Crippen molar-refractivity contribution >= 4 is 21.4 Å². The first-order valence-corrected chi connectivity index (χ1v) is 5.22. The van der Waals surface area contributed by atoms with E-state index in [9.17, 15) is 12.8 Å². The topological polar surface area (TPSA) is 72.2 Å². The molecule has 0 aromatic heterocycles. The third-order valence-electron chi connectivity index (χ3n) is 1.88. The molecule has 1 aliphatic rings. The minimum absolute atomic E-state index is 0.125. The van der Waals surface area contributed by atoms with E-state index in [0.717, 1.165) is 6.07 Å². The van der Waals surface area contributed by atoms with Crippen molar-refractivity contribution in [2.24, 2.45) is 0 Å². The van der Waals surface area contributed by atoms with Crippen LogP contribution in [-0.2, 0) is 15.8 Å². The van der Waals surface area contributed by atoms with E-state index >= 15 is 0 Å². The maximum absolute atomic E-state index is 13.1. The lowest BCUT2D eigenvalue weighted by atomic mass is 10.1. The fourth-order valence-corrected chi connectivity index (χ4v) is 2.57. The molecule has 0 unspecified atom stereocenters. The maximum Gasteiger partial charge on any atom is 0.237 e. The van der Waals surface area contributed by atoms with Gasteiger partial charge in [0.1, 0.15) is 5.82 Å². The summed E-state index contributed by atoms with van der Waals surface area (Å²) in [6.45, 7) is 0. The van der Waals surface area contributed by atoms with Crippen LogP contribution in [0.25, 0.3) is 0 Å². The minimum atomic E-state index is -3.42. The Morgan fingerprint density at radius 3 is 2.77 bits per heavy atom. The van der Waals surface area contributed by atoms with Gasteiger partial charge in [-0.1, -0.05) is 0 Å². The van der Waals surface area contributed by atoms with Crippen LogP contribution < -0.4 is 10.5 Å². The van der Waals surface area contributed by atoms with Gasteiger partial charge < -0.3 is 5.73 Å². The number of rotatable bonds is 0. The number of benzene rings is 1. The normalized spacial score (nSPS) is 17.9. The Hall–Kier alpha value is -1.30. The highest BCUT2D eigenvalue weighted by Gasteiger charge is 2.28. The first-order valence-electron chi connectivity index (χ1n) is 3.57. The second-order valence-corrected chi connectivity index (χ2v) is 4.57. The summed E-state index contributed by atoms with van der Waals surface area (Å²) < 4.78 is 37.4. The van der Waals surface area contributed by atoms with Crippen molar-refractivity contribution in [2.45, 2.75) is 5.75 Å². The first-order chi connectivity index (χ1) is 5.99. The van der Waals surface area contributed by atoms with Gasteiger partial charge in [-0.05, 0) is 12.1 Å². The van der Waals surface area contributed by atoms with Crippen LogP contribution in [-0.4, -0.2) is 8.42 Å². The van der Waals surface area contributed by atoms with Gasteiger partial charge >= 0.3 is 0 Å². The van der Waals surface area contributed by atoms with Crippen LogP contribution in [0.4, 0.5) is 15.8 Å². The van der Waals surface area contributed by atoms with E-state index in [4.69, 9.17) is 5.73 Å². The summed E-state index contributed by atoms with van der Waals surface area (Å²) in [5.74, 6) is -0.878. The summed E-state index contributed by atoms with van der Waals surface area (Å²) in [5, 5.41) is 0. The molecule has 0 amide bonds. The molecule has 1 heterocycles. The number of hydrogen-bond donors (Lipinski definition) is 2. The number of nitrogen functional groups attached to an aromatic ring is 1. The smallest absolute Gasteiger partial charge is 0.237 e. The number of fused-ring (bicyclic) bond motifs is 1. The van der Waals surface area contributed by atoms with E-state index in [-0.39, 0.29) is 22.7 Å². The molecule has 70 valence electrons. The molecule has 1 aliphatic heterocycles. The van der Waals surface area contributed by atoms with Crippen LogP contribution >= 0.6 is 0 Å². The highest BCUT2D eigenvalue weighted by molar-refractivity contribution is 7.92. The molecule has 0 atom stereocenters. The number of hydrogen-bond acceptors (Lipinski definition) is 3. The molecule has 6 heteroatoms. The average molecular weight is 202 g/mol. The van der Waals surface area contributed by atoms with Crippen LogP contribution in [0.1, 0.15) is 5.56 Å². The number of halogens is 1. The summed E-state index contributed by atoms with van der Waals surface area (Å²) >= 11 is 0. The van der Waals surface area contributed by atoms with Gasteiger partial charge in [0.2, 0.25) is 10.0 Å². The Morgan fingerprint density at radius 2 is 2.15 bits per heavy atom. The molecule has 1 aromatic carbocycles. The molecule has 0 saturated heterocycles. The number of nitrogens with one attached hydrogen (secondary N) is 1. The second-order valence-electron chi connectivity index (χ2n) is 2.85. The molecular weight excluding hydrogens is 195 g/mol. The summed E-state index contributed by atoms with van der Waals surface area (Å²) in [4.78, 5) is 0. The van der Waals surface area contributed by atoms with Crippen LogP contribution in [0, 0.1) is 5.82 Å². The maximum atomic E-state index is 13.1. The zero-order valence-corrected chi connectivity index (χ0v) is 7.36. The second kappa shape index (κ2) is 2.35. The van der Waals surface area contributed by atoms with Gasteiger partial charge in [-0.15, -0.1) is 0 Å². The van der Waals surface area contributed by atoms with E-state index < -0.39 is 15.8 Å². The largest absolute Gasteiger partial charge is 0.397 e. The number of anilines is 2. The Bertz CT molecular complexity index is 433. The van der Waals surface area contributed by atoms with Crippen LogP contribution in [0.3, 0.4) is 0 Å². The Labute approximate surface area is 74.6 Å². The fourth-order valence-electron chi connectivity index (χ4n) is 1.28. The molecule has 0 radical (unpaired) electrons. The van der Waals surface area contributed by atoms with Gasteiger partial charge in [0.05, 0.1) is 17.1 Å². The molecular formula is C7H7FN2O2S.